The van der Waals surface area contributed by atoms with Gasteiger partial charge in [0.25, 0.3) is 0 Å². The lowest BCUT2D eigenvalue weighted by atomic mass is 9.89. The molecule has 0 aliphatic carbocycles. The maximum absolute atomic E-state index is 14.2. The van der Waals surface area contributed by atoms with Crippen LogP contribution in [-0.2, 0) is 0 Å². The fraction of sp³-hybridized carbons (Fsp3) is 0.286. The number of hydrogen-bond donors (Lipinski definition) is 2. The summed E-state index contributed by atoms with van der Waals surface area (Å²) in [5.74, 6) is 0.275. The molecule has 1 aliphatic rings. The minimum atomic E-state index is -0.534. The molecule has 1 fully saturated rings. The number of fused-ring (bicyclic) bond motifs is 1. The van der Waals surface area contributed by atoms with Crippen molar-refractivity contribution < 1.29 is 9.13 Å². The molecule has 2 aromatic carbocycles. The molecule has 152 valence electrons. The molecule has 5 nitrogen and oxygen atoms in total. The number of pyridine rings is 1. The maximum Gasteiger partial charge on any atom is 0.248 e. The van der Waals surface area contributed by atoms with Crippen molar-refractivity contribution in [2.24, 2.45) is 5.73 Å². The molecule has 0 amide bonds. The van der Waals surface area contributed by atoms with Gasteiger partial charge in [-0.05, 0) is 49.2 Å². The van der Waals surface area contributed by atoms with Gasteiger partial charge in [0.2, 0.25) is 5.56 Å². The maximum atomic E-state index is 14.2. The van der Waals surface area contributed by atoms with Crippen molar-refractivity contribution in [1.82, 2.24) is 4.98 Å². The molecule has 29 heavy (non-hydrogen) atoms. The van der Waals surface area contributed by atoms with Crippen LogP contribution >= 0.6 is 23.2 Å². The van der Waals surface area contributed by atoms with Gasteiger partial charge in [-0.3, -0.25) is 4.79 Å². The monoisotopic (exact) mass is 435 g/mol. The molecule has 0 radical (unpaired) electrons. The lowest BCUT2D eigenvalue weighted by molar-refractivity contribution is 0.189. The molecule has 4 rings (SSSR count). The molecule has 3 N–H and O–H groups in total. The number of anilines is 1. The molecule has 2 heterocycles. The van der Waals surface area contributed by atoms with Crippen LogP contribution in [0.1, 0.15) is 12.8 Å². The second kappa shape index (κ2) is 7.86. The number of H-pyrrole nitrogens is 1. The van der Waals surface area contributed by atoms with Gasteiger partial charge in [-0.25, -0.2) is 4.39 Å². The first-order valence-electron chi connectivity index (χ1n) is 9.28. The number of nitrogens with two attached hydrogens (primary N) is 1. The van der Waals surface area contributed by atoms with Gasteiger partial charge in [0.05, 0.1) is 21.8 Å². The fourth-order valence-electron chi connectivity index (χ4n) is 3.61. The molecule has 0 unspecified atom stereocenters. The average Bonchev–Trinajstić information content (AvgIpc) is 2.69. The number of piperidine rings is 1. The first kappa shape index (κ1) is 20.0. The Morgan fingerprint density at radius 3 is 2.62 bits per heavy atom. The third kappa shape index (κ3) is 4.20. The van der Waals surface area contributed by atoms with Crippen molar-refractivity contribution in [3.8, 4) is 5.75 Å². The predicted molar refractivity (Wildman–Crippen MR) is 115 cm³/mol. The van der Waals surface area contributed by atoms with E-state index < -0.39 is 5.54 Å². The molecule has 0 atom stereocenters. The third-order valence-corrected chi connectivity index (χ3v) is 5.88. The number of benzene rings is 2. The smallest absolute Gasteiger partial charge is 0.248 e. The zero-order chi connectivity index (χ0) is 20.6. The number of aromatic amines is 1. The van der Waals surface area contributed by atoms with Crippen molar-refractivity contribution in [2.75, 3.05) is 24.6 Å². The van der Waals surface area contributed by atoms with E-state index in [4.69, 9.17) is 33.7 Å². The summed E-state index contributed by atoms with van der Waals surface area (Å²) in [5.41, 5.74) is 6.86. The lowest BCUT2D eigenvalue weighted by Gasteiger charge is -2.40. The highest BCUT2D eigenvalue weighted by Gasteiger charge is 2.32. The van der Waals surface area contributed by atoms with Crippen molar-refractivity contribution >= 4 is 39.8 Å². The van der Waals surface area contributed by atoms with Gasteiger partial charge >= 0.3 is 0 Å². The van der Waals surface area contributed by atoms with Crippen LogP contribution in [0.4, 0.5) is 10.1 Å². The summed E-state index contributed by atoms with van der Waals surface area (Å²) in [7, 11) is 0. The van der Waals surface area contributed by atoms with Gasteiger partial charge in [0, 0.05) is 29.6 Å². The third-order valence-electron chi connectivity index (χ3n) is 5.33. The number of rotatable bonds is 4. The second-order valence-corrected chi connectivity index (χ2v) is 8.23. The highest BCUT2D eigenvalue weighted by molar-refractivity contribution is 6.35. The van der Waals surface area contributed by atoms with Crippen molar-refractivity contribution in [3.63, 3.8) is 0 Å². The van der Waals surface area contributed by atoms with Crippen LogP contribution in [0, 0.1) is 5.82 Å². The quantitative estimate of drug-likeness (QED) is 0.638. The van der Waals surface area contributed by atoms with Crippen LogP contribution in [0.3, 0.4) is 0 Å². The topological polar surface area (TPSA) is 71.3 Å². The van der Waals surface area contributed by atoms with E-state index in [2.05, 4.69) is 4.98 Å². The van der Waals surface area contributed by atoms with Gasteiger partial charge in [-0.15, -0.1) is 0 Å². The molecule has 0 saturated carbocycles. The van der Waals surface area contributed by atoms with E-state index >= 15 is 0 Å². The summed E-state index contributed by atoms with van der Waals surface area (Å²) >= 11 is 12.0. The predicted octanol–water partition coefficient (Wildman–Crippen LogP) is 4.35. The number of nitrogens with one attached hydrogen (secondary N) is 1. The van der Waals surface area contributed by atoms with E-state index in [0.717, 1.165) is 5.39 Å². The second-order valence-electron chi connectivity index (χ2n) is 7.39. The Bertz CT molecular complexity index is 1110. The van der Waals surface area contributed by atoms with E-state index in [9.17, 15) is 9.18 Å². The largest absolute Gasteiger partial charge is 0.491 e. The summed E-state index contributed by atoms with van der Waals surface area (Å²) in [6.45, 7) is 1.54. The van der Waals surface area contributed by atoms with Crippen LogP contribution in [-0.4, -0.2) is 30.2 Å². The molecule has 1 aromatic heterocycles. The van der Waals surface area contributed by atoms with E-state index in [1.54, 1.807) is 30.3 Å². The molecule has 8 heteroatoms. The summed E-state index contributed by atoms with van der Waals surface area (Å²) in [6, 6.07) is 11.3. The van der Waals surface area contributed by atoms with Crippen LogP contribution in [0.15, 0.2) is 47.3 Å². The fourth-order valence-corrected chi connectivity index (χ4v) is 3.98. The number of ether oxygens (including phenoxy) is 1. The van der Waals surface area contributed by atoms with Gasteiger partial charge < -0.3 is 20.4 Å². The van der Waals surface area contributed by atoms with Crippen molar-refractivity contribution in [1.29, 1.82) is 0 Å². The molecule has 0 bridgehead atoms. The SMILES string of the molecule is NC1(COc2ccc(Cl)c3[nH]c(=O)ccc23)CCN(c2ccc(Cl)cc2F)CC1. The van der Waals surface area contributed by atoms with E-state index in [1.807, 2.05) is 4.90 Å². The first-order valence-corrected chi connectivity index (χ1v) is 10.0. The number of hydrogen-bond acceptors (Lipinski definition) is 4. The Morgan fingerprint density at radius 2 is 1.90 bits per heavy atom. The molecular weight excluding hydrogens is 416 g/mol. The molecular formula is C21H20Cl2FN3O2. The Morgan fingerprint density at radius 1 is 1.14 bits per heavy atom. The number of aromatic nitrogens is 1. The zero-order valence-corrected chi connectivity index (χ0v) is 17.1. The Hall–Kier alpha value is -2.28. The van der Waals surface area contributed by atoms with Crippen LogP contribution in [0.5, 0.6) is 5.75 Å². The molecule has 0 spiro atoms. The van der Waals surface area contributed by atoms with E-state index in [0.29, 0.717) is 59.5 Å². The Balaban J connectivity index is 1.45. The lowest BCUT2D eigenvalue weighted by Crippen LogP contribution is -2.54. The molecule has 1 saturated heterocycles. The molecule has 1 aliphatic heterocycles. The van der Waals surface area contributed by atoms with Crippen LogP contribution in [0.2, 0.25) is 10.0 Å². The van der Waals surface area contributed by atoms with Gasteiger partial charge in [0.15, 0.2) is 0 Å². The minimum absolute atomic E-state index is 0.228. The Labute approximate surface area is 177 Å². The summed E-state index contributed by atoms with van der Waals surface area (Å²) in [4.78, 5) is 16.3. The van der Waals surface area contributed by atoms with Gasteiger partial charge in [-0.2, -0.15) is 0 Å². The summed E-state index contributed by atoms with van der Waals surface area (Å²) < 4.78 is 20.2. The molecule has 3 aromatic rings. The van der Waals surface area contributed by atoms with Crippen LogP contribution in [0.25, 0.3) is 10.9 Å². The zero-order valence-electron chi connectivity index (χ0n) is 15.6. The minimum Gasteiger partial charge on any atom is -0.491 e. The number of halogens is 3. The van der Waals surface area contributed by atoms with Crippen molar-refractivity contribution in [3.05, 3.63) is 68.7 Å². The average molecular weight is 436 g/mol. The van der Waals surface area contributed by atoms with E-state index in [-0.39, 0.29) is 11.4 Å². The van der Waals surface area contributed by atoms with Crippen LogP contribution < -0.4 is 20.9 Å². The highest BCUT2D eigenvalue weighted by atomic mass is 35.5. The van der Waals surface area contributed by atoms with Gasteiger partial charge in [0.1, 0.15) is 18.2 Å². The normalized spacial score (nSPS) is 16.2. The van der Waals surface area contributed by atoms with Gasteiger partial charge in [-0.1, -0.05) is 23.2 Å². The Kier molecular flexibility index (Phi) is 5.42. The van der Waals surface area contributed by atoms with Crippen molar-refractivity contribution in [2.45, 2.75) is 18.4 Å². The summed E-state index contributed by atoms with van der Waals surface area (Å²) in [6.07, 6.45) is 1.30. The summed E-state index contributed by atoms with van der Waals surface area (Å²) in [5, 5.41) is 1.55. The number of nitrogens with zero attached hydrogens (tertiary/aromatic N) is 1. The van der Waals surface area contributed by atoms with E-state index in [1.165, 1.54) is 12.1 Å². The standard InChI is InChI=1S/C21H20Cl2FN3O2/c22-13-1-4-17(16(24)11-13)27-9-7-21(25,8-10-27)12-29-18-5-3-15(23)20-14(18)2-6-19(28)26-20/h1-6,11H,7-10,12,25H2,(H,26,28). The highest BCUT2D eigenvalue weighted by Crippen LogP contribution is 2.32. The first-order chi connectivity index (χ1) is 13.8.